The molecule has 2 aromatic rings. The Morgan fingerprint density at radius 1 is 1.12 bits per heavy atom. The second kappa shape index (κ2) is 15.2. The van der Waals surface area contributed by atoms with Crippen molar-refractivity contribution < 1.29 is 32.8 Å². The van der Waals surface area contributed by atoms with Crippen LogP contribution in [0.5, 0.6) is 0 Å². The van der Waals surface area contributed by atoms with Gasteiger partial charge in [0.05, 0.1) is 41.7 Å². The van der Waals surface area contributed by atoms with Crippen molar-refractivity contribution in [2.75, 3.05) is 39.4 Å². The molecule has 0 aliphatic carbocycles. The fraction of sp³-hybridized carbons (Fsp3) is 0.500. The zero-order chi connectivity index (χ0) is 30.9. The summed E-state index contributed by atoms with van der Waals surface area (Å²) in [5.74, 6) is -1.16. The van der Waals surface area contributed by atoms with E-state index in [2.05, 4.69) is 5.32 Å². The molecule has 0 aromatic heterocycles. The quantitative estimate of drug-likeness (QED) is 0.185. The van der Waals surface area contributed by atoms with Crippen LogP contribution in [0.4, 0.5) is 5.69 Å². The lowest BCUT2D eigenvalue weighted by Crippen LogP contribution is -2.54. The van der Waals surface area contributed by atoms with Gasteiger partial charge in [-0.3, -0.25) is 24.6 Å². The van der Waals surface area contributed by atoms with E-state index >= 15 is 0 Å². The average Bonchev–Trinajstić information content (AvgIpc) is 3.47. The summed E-state index contributed by atoms with van der Waals surface area (Å²) < 4.78 is 33.7. The van der Waals surface area contributed by atoms with Gasteiger partial charge < -0.3 is 20.9 Å². The number of nitrogens with one attached hydrogen (secondary N) is 1. The number of aliphatic hydroxyl groups excluding tert-OH is 1. The van der Waals surface area contributed by atoms with Crippen LogP contribution < -0.4 is 11.1 Å². The number of non-ortho nitro benzene ring substituents is 1. The van der Waals surface area contributed by atoms with Gasteiger partial charge >= 0.3 is 0 Å². The molecule has 3 rings (SSSR count). The van der Waals surface area contributed by atoms with Gasteiger partial charge in [-0.25, -0.2) is 8.42 Å². The standard InChI is InChI=1S/C28H39N5O8S/c1-20(2)15-32(42(39,40)24-10-8-22(9-11-24)33(37)38)16-26(34)25(14-21-6-4-3-5-7-21)30-28(36)18-31(17-27(29)35)23-12-13-41-19-23/h3-11,20,23,25-26,34H,12-19H2,1-2H3,(H2,29,35)(H,30,36)/t23-,25+,26-/m1/s1. The minimum absolute atomic E-state index is 0.0659. The van der Waals surface area contributed by atoms with Crippen LogP contribution >= 0.6 is 0 Å². The second-order valence-electron chi connectivity index (χ2n) is 10.8. The maximum absolute atomic E-state index is 13.6. The van der Waals surface area contributed by atoms with E-state index in [1.54, 1.807) is 4.90 Å². The summed E-state index contributed by atoms with van der Waals surface area (Å²) in [4.78, 5) is 36.8. The molecule has 2 aromatic carbocycles. The summed E-state index contributed by atoms with van der Waals surface area (Å²) >= 11 is 0. The van der Waals surface area contributed by atoms with Crippen LogP contribution in [-0.4, -0.2) is 97.0 Å². The number of carbonyl (C=O) groups is 2. The van der Waals surface area contributed by atoms with Crippen molar-refractivity contribution in [1.82, 2.24) is 14.5 Å². The SMILES string of the molecule is CC(C)CN(C[C@@H](O)[C@H](Cc1ccccc1)NC(=O)CN(CC(N)=O)[C@@H]1CCOC1)S(=O)(=O)c1ccc([N+](=O)[O-])cc1. The molecule has 14 heteroatoms. The first-order chi connectivity index (χ1) is 19.9. The van der Waals surface area contributed by atoms with E-state index in [0.717, 1.165) is 34.1 Å². The molecule has 13 nitrogen and oxygen atoms in total. The van der Waals surface area contributed by atoms with E-state index in [1.165, 1.54) is 0 Å². The van der Waals surface area contributed by atoms with E-state index in [0.29, 0.717) is 19.6 Å². The highest BCUT2D eigenvalue weighted by Crippen LogP contribution is 2.22. The van der Waals surface area contributed by atoms with Gasteiger partial charge in [-0.2, -0.15) is 4.31 Å². The van der Waals surface area contributed by atoms with Gasteiger partial charge in [-0.05, 0) is 36.5 Å². The molecule has 1 heterocycles. The fourth-order valence-electron chi connectivity index (χ4n) is 4.82. The van der Waals surface area contributed by atoms with Crippen molar-refractivity contribution in [1.29, 1.82) is 0 Å². The monoisotopic (exact) mass is 605 g/mol. The smallest absolute Gasteiger partial charge is 0.269 e. The van der Waals surface area contributed by atoms with Crippen molar-refractivity contribution in [3.63, 3.8) is 0 Å². The second-order valence-corrected chi connectivity index (χ2v) is 12.7. The number of benzene rings is 2. The van der Waals surface area contributed by atoms with Crippen molar-refractivity contribution in [2.45, 2.75) is 49.8 Å². The predicted octanol–water partition coefficient (Wildman–Crippen LogP) is 0.906. The fourth-order valence-corrected chi connectivity index (χ4v) is 6.44. The summed E-state index contributed by atoms with van der Waals surface area (Å²) in [6.07, 6.45) is -0.468. The number of nitro benzene ring substituents is 1. The molecular formula is C28H39N5O8S. The Labute approximate surface area is 245 Å². The van der Waals surface area contributed by atoms with Crippen LogP contribution in [0.15, 0.2) is 59.5 Å². The molecule has 3 atom stereocenters. The first kappa shape index (κ1) is 33.1. The van der Waals surface area contributed by atoms with E-state index in [-0.39, 0.29) is 55.1 Å². The number of nitrogens with two attached hydrogens (primary N) is 1. The van der Waals surface area contributed by atoms with Crippen molar-refractivity contribution in [3.8, 4) is 0 Å². The number of rotatable bonds is 16. The summed E-state index contributed by atoms with van der Waals surface area (Å²) in [6, 6.07) is 12.7. The van der Waals surface area contributed by atoms with Crippen LogP contribution in [0.3, 0.4) is 0 Å². The minimum Gasteiger partial charge on any atom is -0.390 e. The predicted molar refractivity (Wildman–Crippen MR) is 155 cm³/mol. The lowest BCUT2D eigenvalue weighted by Gasteiger charge is -2.32. The highest BCUT2D eigenvalue weighted by Gasteiger charge is 2.33. The number of nitro groups is 1. The van der Waals surface area contributed by atoms with E-state index in [1.807, 2.05) is 44.2 Å². The van der Waals surface area contributed by atoms with Gasteiger partial charge in [0, 0.05) is 37.9 Å². The third kappa shape index (κ3) is 9.56. The molecule has 0 saturated carbocycles. The van der Waals surface area contributed by atoms with Crippen LogP contribution in [0.25, 0.3) is 0 Å². The molecule has 2 amide bonds. The summed E-state index contributed by atoms with van der Waals surface area (Å²) in [5.41, 5.74) is 5.97. The Balaban J connectivity index is 1.83. The Morgan fingerprint density at radius 2 is 1.79 bits per heavy atom. The van der Waals surface area contributed by atoms with Gasteiger partial charge in [0.2, 0.25) is 21.8 Å². The zero-order valence-electron chi connectivity index (χ0n) is 23.8. The molecule has 0 unspecified atom stereocenters. The molecule has 4 N–H and O–H groups in total. The number of hydrogen-bond acceptors (Lipinski definition) is 9. The Kier molecular flexibility index (Phi) is 11.9. The number of hydrogen-bond donors (Lipinski definition) is 3. The molecule has 42 heavy (non-hydrogen) atoms. The third-order valence-corrected chi connectivity index (χ3v) is 8.73. The summed E-state index contributed by atoms with van der Waals surface area (Å²) in [6.45, 7) is 3.96. The maximum atomic E-state index is 13.6. The number of carbonyl (C=O) groups excluding carboxylic acids is 2. The van der Waals surface area contributed by atoms with E-state index in [9.17, 15) is 33.2 Å². The normalized spacial score (nSPS) is 17.0. The molecule has 1 aliphatic rings. The van der Waals surface area contributed by atoms with Crippen molar-refractivity contribution in [2.24, 2.45) is 11.7 Å². The number of ether oxygens (including phenoxy) is 1. The van der Waals surface area contributed by atoms with Crippen molar-refractivity contribution >= 4 is 27.5 Å². The van der Waals surface area contributed by atoms with Gasteiger partial charge in [0.15, 0.2) is 0 Å². The molecular weight excluding hydrogens is 566 g/mol. The lowest BCUT2D eigenvalue weighted by molar-refractivity contribution is -0.384. The van der Waals surface area contributed by atoms with Crippen molar-refractivity contribution in [3.05, 3.63) is 70.3 Å². The largest absolute Gasteiger partial charge is 0.390 e. The van der Waals surface area contributed by atoms with Crippen LogP contribution in [0, 0.1) is 16.0 Å². The highest BCUT2D eigenvalue weighted by atomic mass is 32.2. The summed E-state index contributed by atoms with van der Waals surface area (Å²) in [7, 11) is -4.15. The first-order valence-electron chi connectivity index (χ1n) is 13.7. The maximum Gasteiger partial charge on any atom is 0.269 e. The highest BCUT2D eigenvalue weighted by molar-refractivity contribution is 7.89. The molecule has 1 aliphatic heterocycles. The summed E-state index contributed by atoms with van der Waals surface area (Å²) in [5, 5.41) is 25.3. The lowest BCUT2D eigenvalue weighted by atomic mass is 10.0. The molecule has 1 fully saturated rings. The Bertz CT molecular complexity index is 1300. The minimum atomic E-state index is -4.15. The number of aliphatic hydroxyl groups is 1. The number of nitrogens with zero attached hydrogens (tertiary/aromatic N) is 3. The van der Waals surface area contributed by atoms with E-state index < -0.39 is 38.9 Å². The van der Waals surface area contributed by atoms with Gasteiger partial charge in [-0.1, -0.05) is 44.2 Å². The van der Waals surface area contributed by atoms with Crippen LogP contribution in [0.2, 0.25) is 0 Å². The van der Waals surface area contributed by atoms with Crippen LogP contribution in [0.1, 0.15) is 25.8 Å². The molecule has 0 radical (unpaired) electrons. The van der Waals surface area contributed by atoms with Gasteiger partial charge in [0.25, 0.3) is 5.69 Å². The average molecular weight is 606 g/mol. The number of primary amides is 1. The van der Waals surface area contributed by atoms with Gasteiger partial charge in [0.1, 0.15) is 0 Å². The number of sulfonamides is 1. The topological polar surface area (TPSA) is 185 Å². The molecule has 1 saturated heterocycles. The van der Waals surface area contributed by atoms with Crippen LogP contribution in [-0.2, 0) is 30.8 Å². The number of amides is 2. The Hall–Kier alpha value is -3.43. The third-order valence-electron chi connectivity index (χ3n) is 6.88. The first-order valence-corrected chi connectivity index (χ1v) is 15.2. The Morgan fingerprint density at radius 3 is 2.33 bits per heavy atom. The molecule has 0 bridgehead atoms. The zero-order valence-corrected chi connectivity index (χ0v) is 24.6. The van der Waals surface area contributed by atoms with E-state index in [4.69, 9.17) is 10.5 Å². The van der Waals surface area contributed by atoms with Gasteiger partial charge in [-0.15, -0.1) is 0 Å². The molecule has 0 spiro atoms. The molecule has 230 valence electrons.